The number of ether oxygens (including phenoxy) is 1. The summed E-state index contributed by atoms with van der Waals surface area (Å²) in [5.41, 5.74) is 0.774. The van der Waals surface area contributed by atoms with Gasteiger partial charge in [-0.15, -0.1) is 0 Å². The van der Waals surface area contributed by atoms with Gasteiger partial charge >= 0.3 is 12.2 Å². The first-order valence-corrected chi connectivity index (χ1v) is 9.38. The number of carbonyl (C=O) groups excluding carboxylic acids is 4. The third kappa shape index (κ3) is 4.47. The Morgan fingerprint density at radius 1 is 1.09 bits per heavy atom. The molecule has 0 bridgehead atoms. The molecule has 1 saturated heterocycles. The largest absolute Gasteiger partial charge is 0.451 e. The first-order valence-electron chi connectivity index (χ1n) is 9.38. The van der Waals surface area contributed by atoms with Gasteiger partial charge in [0.2, 0.25) is 17.6 Å². The van der Waals surface area contributed by atoms with Crippen LogP contribution in [0.2, 0.25) is 0 Å². The van der Waals surface area contributed by atoms with Crippen LogP contribution in [-0.2, 0) is 20.6 Å². The molecule has 2 aromatic rings. The summed E-state index contributed by atoms with van der Waals surface area (Å²) in [5.74, 6) is -6.00. The molecular formula is C20H18F3N5O5. The standard InChI is InChI=1S/C20H18F3N5O5/c1-10-9-11(33-13-7-8-24-18(25-13)20(21,22)23)5-6-12(10)26(2)15(29)14-16(30)27(3)19(32)28(4)17(14)31/h5-9,14H,1-4H3. The van der Waals surface area contributed by atoms with Gasteiger partial charge in [0.25, 0.3) is 11.8 Å². The van der Waals surface area contributed by atoms with Crippen LogP contribution >= 0.6 is 0 Å². The molecule has 33 heavy (non-hydrogen) atoms. The Morgan fingerprint density at radius 2 is 1.70 bits per heavy atom. The molecule has 13 heteroatoms. The number of aromatic nitrogens is 2. The van der Waals surface area contributed by atoms with Crippen LogP contribution in [0.15, 0.2) is 30.5 Å². The van der Waals surface area contributed by atoms with E-state index in [1.54, 1.807) is 6.92 Å². The van der Waals surface area contributed by atoms with Crippen molar-refractivity contribution in [3.05, 3.63) is 41.9 Å². The molecule has 0 atom stereocenters. The maximum absolute atomic E-state index is 12.9. The first kappa shape index (κ1) is 23.6. The number of nitrogens with zero attached hydrogens (tertiary/aromatic N) is 5. The molecule has 0 N–H and O–H groups in total. The van der Waals surface area contributed by atoms with Gasteiger partial charge in [-0.3, -0.25) is 24.2 Å². The topological polar surface area (TPSA) is 113 Å². The van der Waals surface area contributed by atoms with Crippen molar-refractivity contribution in [3.8, 4) is 11.6 Å². The van der Waals surface area contributed by atoms with Crippen LogP contribution in [0.1, 0.15) is 11.4 Å². The summed E-state index contributed by atoms with van der Waals surface area (Å²) in [5, 5.41) is 0. The second-order valence-electron chi connectivity index (χ2n) is 7.17. The number of alkyl halides is 3. The van der Waals surface area contributed by atoms with Crippen molar-refractivity contribution in [1.29, 1.82) is 0 Å². The quantitative estimate of drug-likeness (QED) is 0.637. The highest BCUT2D eigenvalue weighted by Gasteiger charge is 2.48. The molecule has 1 fully saturated rings. The fourth-order valence-electron chi connectivity index (χ4n) is 3.15. The number of halogens is 3. The van der Waals surface area contributed by atoms with Crippen molar-refractivity contribution >= 4 is 29.4 Å². The smallest absolute Gasteiger partial charge is 0.439 e. The van der Waals surface area contributed by atoms with Gasteiger partial charge in [0.05, 0.1) is 0 Å². The molecule has 1 aliphatic heterocycles. The van der Waals surface area contributed by atoms with Crippen molar-refractivity contribution in [3.63, 3.8) is 0 Å². The summed E-state index contributed by atoms with van der Waals surface area (Å²) in [6.07, 6.45) is -3.82. The molecule has 10 nitrogen and oxygen atoms in total. The van der Waals surface area contributed by atoms with Crippen LogP contribution in [0, 0.1) is 12.8 Å². The van der Waals surface area contributed by atoms with Gasteiger partial charge in [0, 0.05) is 39.1 Å². The number of hydrogen-bond donors (Lipinski definition) is 0. The molecule has 174 valence electrons. The zero-order chi connectivity index (χ0) is 24.7. The Hall–Kier alpha value is -4.03. The molecule has 1 aromatic heterocycles. The number of benzene rings is 1. The Kier molecular flexibility index (Phi) is 6.07. The second kappa shape index (κ2) is 8.48. The average Bonchev–Trinajstić information content (AvgIpc) is 2.75. The van der Waals surface area contributed by atoms with E-state index in [-0.39, 0.29) is 11.6 Å². The van der Waals surface area contributed by atoms with Gasteiger partial charge in [-0.25, -0.2) is 9.78 Å². The lowest BCUT2D eigenvalue weighted by molar-refractivity contribution is -0.151. The van der Waals surface area contributed by atoms with Crippen LogP contribution in [0.4, 0.5) is 23.7 Å². The van der Waals surface area contributed by atoms with Crippen molar-refractivity contribution in [1.82, 2.24) is 19.8 Å². The van der Waals surface area contributed by atoms with Gasteiger partial charge in [-0.1, -0.05) is 0 Å². The number of urea groups is 1. The predicted octanol–water partition coefficient (Wildman–Crippen LogP) is 2.23. The lowest BCUT2D eigenvalue weighted by atomic mass is 10.0. The van der Waals surface area contributed by atoms with Gasteiger partial charge in [0.15, 0.2) is 5.92 Å². The molecule has 0 saturated carbocycles. The van der Waals surface area contributed by atoms with Crippen LogP contribution in [0.3, 0.4) is 0 Å². The van der Waals surface area contributed by atoms with Crippen molar-refractivity contribution in [2.24, 2.45) is 5.92 Å². The Labute approximate surface area is 185 Å². The number of amides is 5. The van der Waals surface area contributed by atoms with E-state index in [2.05, 4.69) is 9.97 Å². The van der Waals surface area contributed by atoms with E-state index in [9.17, 15) is 32.3 Å². The van der Waals surface area contributed by atoms with Gasteiger partial charge in [-0.2, -0.15) is 18.2 Å². The lowest BCUT2D eigenvalue weighted by Crippen LogP contribution is -2.60. The van der Waals surface area contributed by atoms with E-state index in [1.165, 1.54) is 39.3 Å². The zero-order valence-electron chi connectivity index (χ0n) is 17.9. The van der Waals surface area contributed by atoms with E-state index < -0.39 is 41.7 Å². The van der Waals surface area contributed by atoms with Crippen LogP contribution in [-0.4, -0.2) is 64.7 Å². The third-order valence-corrected chi connectivity index (χ3v) is 4.94. The van der Waals surface area contributed by atoms with Crippen molar-refractivity contribution in [2.45, 2.75) is 13.1 Å². The van der Waals surface area contributed by atoms with Gasteiger partial charge in [0.1, 0.15) is 5.75 Å². The van der Waals surface area contributed by atoms with E-state index in [4.69, 9.17) is 4.74 Å². The highest BCUT2D eigenvalue weighted by Crippen LogP contribution is 2.31. The predicted molar refractivity (Wildman–Crippen MR) is 106 cm³/mol. The SMILES string of the molecule is Cc1cc(Oc2ccnc(C(F)(F)F)n2)ccc1N(C)C(=O)C1C(=O)N(C)C(=O)N(C)C1=O. The summed E-state index contributed by atoms with van der Waals surface area (Å²) < 4.78 is 43.7. The number of barbiturate groups is 1. The molecule has 5 amide bonds. The Balaban J connectivity index is 1.82. The zero-order valence-corrected chi connectivity index (χ0v) is 17.9. The fourth-order valence-corrected chi connectivity index (χ4v) is 3.15. The molecule has 0 radical (unpaired) electrons. The molecule has 2 heterocycles. The first-order chi connectivity index (χ1) is 15.3. The second-order valence-corrected chi connectivity index (χ2v) is 7.17. The number of imide groups is 2. The highest BCUT2D eigenvalue weighted by atomic mass is 19.4. The lowest BCUT2D eigenvalue weighted by Gasteiger charge is -2.34. The number of carbonyl (C=O) groups is 4. The minimum atomic E-state index is -4.73. The van der Waals surface area contributed by atoms with E-state index >= 15 is 0 Å². The number of aryl methyl sites for hydroxylation is 1. The molecule has 0 unspecified atom stereocenters. The molecule has 1 aromatic carbocycles. The van der Waals surface area contributed by atoms with Crippen LogP contribution in [0.5, 0.6) is 11.6 Å². The highest BCUT2D eigenvalue weighted by molar-refractivity contribution is 6.28. The van der Waals surface area contributed by atoms with Gasteiger partial charge in [-0.05, 0) is 30.7 Å². The maximum Gasteiger partial charge on any atom is 0.451 e. The molecular weight excluding hydrogens is 447 g/mol. The van der Waals surface area contributed by atoms with E-state index in [0.29, 0.717) is 21.1 Å². The Morgan fingerprint density at radius 3 is 2.24 bits per heavy atom. The van der Waals surface area contributed by atoms with Crippen molar-refractivity contribution < 1.29 is 37.1 Å². The number of anilines is 1. The minimum Gasteiger partial charge on any atom is -0.439 e. The van der Waals surface area contributed by atoms with Crippen molar-refractivity contribution in [2.75, 3.05) is 26.0 Å². The monoisotopic (exact) mass is 465 g/mol. The van der Waals surface area contributed by atoms with Crippen LogP contribution < -0.4 is 9.64 Å². The molecule has 1 aliphatic rings. The van der Waals surface area contributed by atoms with E-state index in [1.807, 2.05) is 0 Å². The summed E-state index contributed by atoms with van der Waals surface area (Å²) in [4.78, 5) is 58.6. The number of rotatable bonds is 4. The fraction of sp³-hybridized carbons (Fsp3) is 0.300. The normalized spacial score (nSPS) is 15.2. The van der Waals surface area contributed by atoms with Crippen LogP contribution in [0.25, 0.3) is 0 Å². The van der Waals surface area contributed by atoms with Gasteiger partial charge < -0.3 is 9.64 Å². The summed E-state index contributed by atoms with van der Waals surface area (Å²) >= 11 is 0. The number of hydrogen-bond acceptors (Lipinski definition) is 7. The third-order valence-electron chi connectivity index (χ3n) is 4.94. The average molecular weight is 465 g/mol. The summed E-state index contributed by atoms with van der Waals surface area (Å²) in [7, 11) is 3.69. The molecule has 0 aliphatic carbocycles. The molecule has 3 rings (SSSR count). The maximum atomic E-state index is 12.9. The molecule has 0 spiro atoms. The van der Waals surface area contributed by atoms with E-state index in [0.717, 1.165) is 17.2 Å². The summed E-state index contributed by atoms with van der Waals surface area (Å²) in [6.45, 7) is 1.60. The minimum absolute atomic E-state index is 0.138. The summed E-state index contributed by atoms with van der Waals surface area (Å²) in [6, 6.07) is 4.58. The Bertz CT molecular complexity index is 1130.